The molecule has 0 saturated carbocycles. The maximum Gasteiger partial charge on any atom is 0.421 e. The maximum absolute atomic E-state index is 12.1. The Kier molecular flexibility index (Phi) is 5.58. The van der Waals surface area contributed by atoms with E-state index in [1.165, 1.54) is 18.2 Å². The highest BCUT2D eigenvalue weighted by molar-refractivity contribution is 7.90. The predicted octanol–water partition coefficient (Wildman–Crippen LogP) is 3.17. The van der Waals surface area contributed by atoms with Crippen molar-refractivity contribution in [1.82, 2.24) is 4.72 Å². The Hall–Kier alpha value is -2.04. The third-order valence-electron chi connectivity index (χ3n) is 2.91. The van der Waals surface area contributed by atoms with Gasteiger partial charge in [0.25, 0.3) is 10.0 Å². The number of aryl methyl sites for hydroxylation is 1. The van der Waals surface area contributed by atoms with Crippen LogP contribution in [0, 0.1) is 12.3 Å². The zero-order chi connectivity index (χ0) is 17.0. The molecule has 120 valence electrons. The second-order valence-electron chi connectivity index (χ2n) is 5.98. The van der Waals surface area contributed by atoms with Crippen molar-refractivity contribution < 1.29 is 17.9 Å². The molecule has 6 heteroatoms. The summed E-state index contributed by atoms with van der Waals surface area (Å²) in [6, 6.07) is 6.16. The lowest BCUT2D eigenvalue weighted by molar-refractivity contribution is 0.0655. The van der Waals surface area contributed by atoms with Gasteiger partial charge in [-0.1, -0.05) is 45.0 Å². The SMILES string of the molecule is C=C=C[C@@H](OC(=O)NS(=O)(=O)c1ccc(C)cc1)C(C)(C)C. The second-order valence-corrected chi connectivity index (χ2v) is 7.66. The van der Waals surface area contributed by atoms with Crippen LogP contribution in [0.2, 0.25) is 0 Å². The molecule has 1 aromatic rings. The molecular weight excluding hydrogens is 302 g/mol. The number of nitrogens with one attached hydrogen (secondary N) is 1. The van der Waals surface area contributed by atoms with Crippen molar-refractivity contribution in [2.75, 3.05) is 0 Å². The average molecular weight is 323 g/mol. The largest absolute Gasteiger partial charge is 0.440 e. The van der Waals surface area contributed by atoms with E-state index >= 15 is 0 Å². The fourth-order valence-electron chi connectivity index (χ4n) is 1.59. The fourth-order valence-corrected chi connectivity index (χ4v) is 2.47. The highest BCUT2D eigenvalue weighted by Gasteiger charge is 2.28. The minimum Gasteiger partial charge on any atom is -0.440 e. The molecule has 0 aliphatic carbocycles. The van der Waals surface area contributed by atoms with Gasteiger partial charge in [0.1, 0.15) is 6.10 Å². The van der Waals surface area contributed by atoms with Crippen molar-refractivity contribution in [3.05, 3.63) is 48.2 Å². The molecule has 1 N–H and O–H groups in total. The van der Waals surface area contributed by atoms with E-state index in [1.807, 2.05) is 32.4 Å². The van der Waals surface area contributed by atoms with Gasteiger partial charge in [-0.15, -0.1) is 5.73 Å². The Labute approximate surface area is 131 Å². The molecule has 1 atom stereocenters. The minimum atomic E-state index is -3.96. The molecule has 22 heavy (non-hydrogen) atoms. The standard InChI is InChI=1S/C16H21NO4S/c1-6-7-14(16(3,4)5)21-15(18)17-22(19,20)13-10-8-12(2)9-11-13/h7-11,14H,1H2,2-5H3,(H,17,18)/t14-/m1/s1. The summed E-state index contributed by atoms with van der Waals surface area (Å²) in [5.41, 5.74) is 3.07. The molecule has 0 saturated heterocycles. The highest BCUT2D eigenvalue weighted by atomic mass is 32.2. The van der Waals surface area contributed by atoms with Crippen LogP contribution in [0.4, 0.5) is 4.79 Å². The lowest BCUT2D eigenvalue weighted by Gasteiger charge is -2.27. The smallest absolute Gasteiger partial charge is 0.421 e. The summed E-state index contributed by atoms with van der Waals surface area (Å²) < 4.78 is 31.2. The van der Waals surface area contributed by atoms with Gasteiger partial charge >= 0.3 is 6.09 Å². The lowest BCUT2D eigenvalue weighted by Crippen LogP contribution is -2.37. The van der Waals surface area contributed by atoms with Crippen LogP contribution in [0.5, 0.6) is 0 Å². The van der Waals surface area contributed by atoms with Crippen molar-refractivity contribution in [1.29, 1.82) is 0 Å². The molecular formula is C16H21NO4S. The number of hydrogen-bond donors (Lipinski definition) is 1. The molecule has 0 radical (unpaired) electrons. The van der Waals surface area contributed by atoms with Gasteiger partial charge in [0.05, 0.1) is 4.90 Å². The van der Waals surface area contributed by atoms with Gasteiger partial charge in [0.2, 0.25) is 0 Å². The number of rotatable bonds is 4. The summed E-state index contributed by atoms with van der Waals surface area (Å²) in [5.74, 6) is 0. The number of ether oxygens (including phenoxy) is 1. The van der Waals surface area contributed by atoms with Gasteiger partial charge in [-0.3, -0.25) is 0 Å². The molecule has 0 aliphatic rings. The molecule has 0 heterocycles. The molecule has 0 spiro atoms. The van der Waals surface area contributed by atoms with Gasteiger partial charge in [-0.25, -0.2) is 17.9 Å². The number of amides is 1. The molecule has 1 aromatic carbocycles. The molecule has 1 amide bonds. The summed E-state index contributed by atoms with van der Waals surface area (Å²) in [5, 5.41) is 0. The first-order valence-electron chi connectivity index (χ1n) is 6.72. The summed E-state index contributed by atoms with van der Waals surface area (Å²) in [7, 11) is -3.96. The Morgan fingerprint density at radius 2 is 1.86 bits per heavy atom. The first-order chi connectivity index (χ1) is 10.1. The molecule has 0 aromatic heterocycles. The molecule has 0 bridgehead atoms. The Morgan fingerprint density at radius 1 is 1.32 bits per heavy atom. The molecule has 0 fully saturated rings. The lowest BCUT2D eigenvalue weighted by atomic mass is 9.89. The first kappa shape index (κ1) is 18.0. The van der Waals surface area contributed by atoms with Crippen molar-refractivity contribution in [2.45, 2.75) is 38.7 Å². The van der Waals surface area contributed by atoms with E-state index < -0.39 is 27.6 Å². The maximum atomic E-state index is 12.1. The normalized spacial score (nSPS) is 12.9. The molecule has 0 aliphatic heterocycles. The van der Waals surface area contributed by atoms with Gasteiger partial charge in [-0.05, 0) is 25.1 Å². The van der Waals surface area contributed by atoms with Crippen LogP contribution >= 0.6 is 0 Å². The Morgan fingerprint density at radius 3 is 2.32 bits per heavy atom. The van der Waals surface area contributed by atoms with Crippen LogP contribution in [0.15, 0.2) is 47.5 Å². The van der Waals surface area contributed by atoms with E-state index in [4.69, 9.17) is 4.74 Å². The monoisotopic (exact) mass is 323 g/mol. The topological polar surface area (TPSA) is 72.5 Å². The second kappa shape index (κ2) is 6.81. The van der Waals surface area contributed by atoms with Crippen LogP contribution < -0.4 is 4.72 Å². The van der Waals surface area contributed by atoms with Gasteiger partial charge in [0.15, 0.2) is 0 Å². The van der Waals surface area contributed by atoms with Gasteiger partial charge < -0.3 is 4.74 Å². The van der Waals surface area contributed by atoms with E-state index in [2.05, 4.69) is 12.3 Å². The van der Waals surface area contributed by atoms with Crippen molar-refractivity contribution >= 4 is 16.1 Å². The van der Waals surface area contributed by atoms with Crippen LogP contribution in [-0.2, 0) is 14.8 Å². The van der Waals surface area contributed by atoms with Crippen molar-refractivity contribution in [3.8, 4) is 0 Å². The molecule has 1 rings (SSSR count). The van der Waals surface area contributed by atoms with Crippen LogP contribution in [-0.4, -0.2) is 20.6 Å². The number of sulfonamides is 1. The van der Waals surface area contributed by atoms with Crippen molar-refractivity contribution in [2.24, 2.45) is 5.41 Å². The predicted molar refractivity (Wildman–Crippen MR) is 84.9 cm³/mol. The van der Waals surface area contributed by atoms with Crippen LogP contribution in [0.25, 0.3) is 0 Å². The van der Waals surface area contributed by atoms with Crippen molar-refractivity contribution in [3.63, 3.8) is 0 Å². The fraction of sp³-hybridized carbons (Fsp3) is 0.375. The number of hydrogen-bond acceptors (Lipinski definition) is 4. The Bertz CT molecular complexity index is 678. The number of benzene rings is 1. The quantitative estimate of drug-likeness (QED) is 0.864. The van der Waals surface area contributed by atoms with Crippen LogP contribution in [0.3, 0.4) is 0 Å². The van der Waals surface area contributed by atoms with Gasteiger partial charge in [-0.2, -0.15) is 0 Å². The minimum absolute atomic E-state index is 0.00150. The van der Waals surface area contributed by atoms with E-state index in [9.17, 15) is 13.2 Å². The summed E-state index contributed by atoms with van der Waals surface area (Å²) in [6.45, 7) is 10.8. The third kappa shape index (κ3) is 5.06. The highest BCUT2D eigenvalue weighted by Crippen LogP contribution is 2.23. The van der Waals surface area contributed by atoms with E-state index in [0.29, 0.717) is 0 Å². The van der Waals surface area contributed by atoms with E-state index in [-0.39, 0.29) is 4.90 Å². The number of carbonyl (C=O) groups excluding carboxylic acids is 1. The van der Waals surface area contributed by atoms with Crippen LogP contribution in [0.1, 0.15) is 26.3 Å². The zero-order valence-electron chi connectivity index (χ0n) is 13.2. The average Bonchev–Trinajstić information content (AvgIpc) is 2.37. The Balaban J connectivity index is 2.87. The number of carbonyl (C=O) groups is 1. The molecule has 0 unspecified atom stereocenters. The first-order valence-corrected chi connectivity index (χ1v) is 8.20. The zero-order valence-corrected chi connectivity index (χ0v) is 14.0. The summed E-state index contributed by atoms with van der Waals surface area (Å²) in [4.78, 5) is 11.9. The molecule has 5 nitrogen and oxygen atoms in total. The van der Waals surface area contributed by atoms with E-state index in [0.717, 1.165) is 5.56 Å². The van der Waals surface area contributed by atoms with Gasteiger partial charge in [0, 0.05) is 5.41 Å². The summed E-state index contributed by atoms with van der Waals surface area (Å²) in [6.07, 6.45) is -0.192. The third-order valence-corrected chi connectivity index (χ3v) is 4.23. The van der Waals surface area contributed by atoms with E-state index in [1.54, 1.807) is 12.1 Å². The summed E-state index contributed by atoms with van der Waals surface area (Å²) >= 11 is 0.